The maximum absolute atomic E-state index is 9.63. The highest BCUT2D eigenvalue weighted by Crippen LogP contribution is 2.21. The van der Waals surface area contributed by atoms with Crippen LogP contribution in [-0.4, -0.2) is 11.2 Å². The van der Waals surface area contributed by atoms with E-state index in [2.05, 4.69) is 34.3 Å². The molecule has 1 unspecified atom stereocenters. The summed E-state index contributed by atoms with van der Waals surface area (Å²) in [5.41, 5.74) is 0. The third-order valence-electron chi connectivity index (χ3n) is 1.95. The van der Waals surface area contributed by atoms with Crippen LogP contribution in [0.3, 0.4) is 0 Å². The Balaban J connectivity index is 2.31. The molecule has 0 saturated heterocycles. The lowest BCUT2D eigenvalue weighted by Gasteiger charge is -2.07. The van der Waals surface area contributed by atoms with Gasteiger partial charge in [-0.05, 0) is 28.4 Å². The van der Waals surface area contributed by atoms with Gasteiger partial charge in [-0.2, -0.15) is 0 Å². The van der Waals surface area contributed by atoms with Crippen molar-refractivity contribution in [3.8, 4) is 0 Å². The van der Waals surface area contributed by atoms with E-state index in [1.807, 2.05) is 0 Å². The minimum atomic E-state index is -0.162. The van der Waals surface area contributed by atoms with E-state index in [9.17, 15) is 5.11 Å². The standard InChI is InChI=1S/C10H15BrOS/c1-2-3-4-9(12)6-10-5-8(11)7-13-10/h5,7,9,12H,2-4,6H2,1H3. The van der Waals surface area contributed by atoms with Crippen molar-refractivity contribution in [1.29, 1.82) is 0 Å². The summed E-state index contributed by atoms with van der Waals surface area (Å²) in [6, 6.07) is 2.08. The molecule has 0 amide bonds. The van der Waals surface area contributed by atoms with E-state index in [1.165, 1.54) is 4.88 Å². The van der Waals surface area contributed by atoms with Crippen LogP contribution in [0.2, 0.25) is 0 Å². The molecule has 1 aromatic heterocycles. The number of thiophene rings is 1. The van der Waals surface area contributed by atoms with Crippen LogP contribution in [0, 0.1) is 0 Å². The molecule has 0 fully saturated rings. The molecule has 1 aromatic rings. The minimum absolute atomic E-state index is 0.162. The number of hydrogen-bond donors (Lipinski definition) is 1. The summed E-state index contributed by atoms with van der Waals surface area (Å²) in [7, 11) is 0. The first-order valence-electron chi connectivity index (χ1n) is 4.63. The van der Waals surface area contributed by atoms with Gasteiger partial charge in [0.2, 0.25) is 0 Å². The fourth-order valence-corrected chi connectivity index (χ4v) is 2.76. The van der Waals surface area contributed by atoms with E-state index in [1.54, 1.807) is 11.3 Å². The van der Waals surface area contributed by atoms with Crippen molar-refractivity contribution in [3.05, 3.63) is 20.8 Å². The Kier molecular flexibility index (Phi) is 4.99. The molecule has 1 atom stereocenters. The highest BCUT2D eigenvalue weighted by atomic mass is 79.9. The summed E-state index contributed by atoms with van der Waals surface area (Å²) in [6.45, 7) is 2.15. The molecule has 0 spiro atoms. The van der Waals surface area contributed by atoms with E-state index in [0.717, 1.165) is 30.2 Å². The van der Waals surface area contributed by atoms with E-state index in [4.69, 9.17) is 0 Å². The monoisotopic (exact) mass is 262 g/mol. The maximum atomic E-state index is 9.63. The Hall–Kier alpha value is 0.140. The Morgan fingerprint density at radius 3 is 2.92 bits per heavy atom. The second kappa shape index (κ2) is 5.78. The average molecular weight is 263 g/mol. The number of halogens is 1. The van der Waals surface area contributed by atoms with Gasteiger partial charge in [0.1, 0.15) is 0 Å². The van der Waals surface area contributed by atoms with Gasteiger partial charge in [-0.25, -0.2) is 0 Å². The molecule has 1 rings (SSSR count). The zero-order chi connectivity index (χ0) is 9.68. The molecular formula is C10H15BrOS. The van der Waals surface area contributed by atoms with Gasteiger partial charge in [0.05, 0.1) is 6.10 Å². The molecule has 0 aliphatic rings. The second-order valence-electron chi connectivity index (χ2n) is 3.23. The third-order valence-corrected chi connectivity index (χ3v) is 3.67. The number of unbranched alkanes of at least 4 members (excludes halogenated alkanes) is 1. The molecular weight excluding hydrogens is 248 g/mol. The van der Waals surface area contributed by atoms with E-state index < -0.39 is 0 Å². The van der Waals surface area contributed by atoms with Crippen LogP contribution >= 0.6 is 27.3 Å². The van der Waals surface area contributed by atoms with Gasteiger partial charge in [0, 0.05) is 21.2 Å². The summed E-state index contributed by atoms with van der Waals surface area (Å²) in [4.78, 5) is 1.26. The lowest BCUT2D eigenvalue weighted by atomic mass is 10.1. The van der Waals surface area contributed by atoms with Crippen LogP contribution < -0.4 is 0 Å². The molecule has 3 heteroatoms. The van der Waals surface area contributed by atoms with Gasteiger partial charge in [-0.1, -0.05) is 19.8 Å². The van der Waals surface area contributed by atoms with E-state index >= 15 is 0 Å². The van der Waals surface area contributed by atoms with Crippen LogP contribution in [0.1, 0.15) is 31.1 Å². The summed E-state index contributed by atoms with van der Waals surface area (Å²) in [6.07, 6.45) is 3.84. The first-order valence-corrected chi connectivity index (χ1v) is 6.30. The van der Waals surface area contributed by atoms with E-state index in [0.29, 0.717) is 0 Å². The average Bonchev–Trinajstić information content (AvgIpc) is 2.48. The Morgan fingerprint density at radius 2 is 2.38 bits per heavy atom. The highest BCUT2D eigenvalue weighted by Gasteiger charge is 2.06. The molecule has 1 N–H and O–H groups in total. The largest absolute Gasteiger partial charge is 0.393 e. The summed E-state index contributed by atoms with van der Waals surface area (Å²) >= 11 is 5.11. The lowest BCUT2D eigenvalue weighted by Crippen LogP contribution is -2.08. The van der Waals surface area contributed by atoms with E-state index in [-0.39, 0.29) is 6.10 Å². The second-order valence-corrected chi connectivity index (χ2v) is 5.14. The first-order chi connectivity index (χ1) is 6.22. The van der Waals surface area contributed by atoms with Gasteiger partial charge >= 0.3 is 0 Å². The smallest absolute Gasteiger partial charge is 0.0588 e. The summed E-state index contributed by atoms with van der Waals surface area (Å²) in [5.74, 6) is 0. The number of aliphatic hydroxyl groups excluding tert-OH is 1. The molecule has 0 aliphatic carbocycles. The fraction of sp³-hybridized carbons (Fsp3) is 0.600. The quantitative estimate of drug-likeness (QED) is 0.860. The normalized spacial score (nSPS) is 13.2. The third kappa shape index (κ3) is 4.25. The maximum Gasteiger partial charge on any atom is 0.0588 e. The topological polar surface area (TPSA) is 20.2 Å². The molecule has 13 heavy (non-hydrogen) atoms. The molecule has 74 valence electrons. The minimum Gasteiger partial charge on any atom is -0.393 e. The lowest BCUT2D eigenvalue weighted by molar-refractivity contribution is 0.162. The van der Waals surface area contributed by atoms with Crippen LogP contribution in [0.25, 0.3) is 0 Å². The van der Waals surface area contributed by atoms with Gasteiger partial charge in [0.15, 0.2) is 0 Å². The molecule has 0 aliphatic heterocycles. The van der Waals surface area contributed by atoms with Crippen LogP contribution in [0.5, 0.6) is 0 Å². The van der Waals surface area contributed by atoms with Crippen molar-refractivity contribution in [2.75, 3.05) is 0 Å². The van der Waals surface area contributed by atoms with Gasteiger partial charge in [-0.15, -0.1) is 11.3 Å². The van der Waals surface area contributed by atoms with Crippen LogP contribution in [0.15, 0.2) is 15.9 Å². The number of aliphatic hydroxyl groups is 1. The van der Waals surface area contributed by atoms with Crippen LogP contribution in [-0.2, 0) is 6.42 Å². The SMILES string of the molecule is CCCCC(O)Cc1cc(Br)cs1. The van der Waals surface area contributed by atoms with Crippen molar-refractivity contribution >= 4 is 27.3 Å². The predicted octanol–water partition coefficient (Wildman–Crippen LogP) is 3.60. The zero-order valence-electron chi connectivity index (χ0n) is 7.79. The molecule has 0 bridgehead atoms. The van der Waals surface area contributed by atoms with Crippen molar-refractivity contribution in [2.24, 2.45) is 0 Å². The summed E-state index contributed by atoms with van der Waals surface area (Å²) in [5, 5.41) is 11.7. The molecule has 1 nitrogen and oxygen atoms in total. The number of hydrogen-bond acceptors (Lipinski definition) is 2. The predicted molar refractivity (Wildman–Crippen MR) is 61.3 cm³/mol. The highest BCUT2D eigenvalue weighted by molar-refractivity contribution is 9.10. The van der Waals surface area contributed by atoms with Crippen molar-refractivity contribution in [2.45, 2.75) is 38.7 Å². The molecule has 0 radical (unpaired) electrons. The van der Waals surface area contributed by atoms with Crippen molar-refractivity contribution < 1.29 is 5.11 Å². The molecule has 0 aromatic carbocycles. The number of rotatable bonds is 5. The Labute approximate surface area is 91.9 Å². The zero-order valence-corrected chi connectivity index (χ0v) is 10.2. The Bertz CT molecular complexity index is 247. The first kappa shape index (κ1) is 11.2. The Morgan fingerprint density at radius 1 is 1.62 bits per heavy atom. The fourth-order valence-electron chi connectivity index (χ4n) is 1.23. The van der Waals surface area contributed by atoms with Gasteiger partial charge in [-0.3, -0.25) is 0 Å². The van der Waals surface area contributed by atoms with Crippen molar-refractivity contribution in [3.63, 3.8) is 0 Å². The molecule has 0 saturated carbocycles. The van der Waals surface area contributed by atoms with Crippen LogP contribution in [0.4, 0.5) is 0 Å². The van der Waals surface area contributed by atoms with Gasteiger partial charge < -0.3 is 5.11 Å². The summed E-state index contributed by atoms with van der Waals surface area (Å²) < 4.78 is 1.12. The van der Waals surface area contributed by atoms with Crippen molar-refractivity contribution in [1.82, 2.24) is 0 Å². The molecule has 1 heterocycles. The van der Waals surface area contributed by atoms with Gasteiger partial charge in [0.25, 0.3) is 0 Å².